The number of piperidine rings is 1. The van der Waals surface area contributed by atoms with Crippen LogP contribution in [0.15, 0.2) is 30.3 Å². The molecule has 1 N–H and O–H groups in total. The van der Waals surface area contributed by atoms with Gasteiger partial charge in [-0.1, -0.05) is 0 Å². The molecule has 1 aromatic carbocycles. The Morgan fingerprint density at radius 1 is 1.09 bits per heavy atom. The maximum absolute atomic E-state index is 13.3. The number of halogens is 1. The number of benzene rings is 1. The summed E-state index contributed by atoms with van der Waals surface area (Å²) in [6.07, 6.45) is 1.93. The Bertz CT molecular complexity index is 681. The molecule has 0 spiro atoms. The molecule has 22 heavy (non-hydrogen) atoms. The minimum atomic E-state index is -0.277. The van der Waals surface area contributed by atoms with Crippen LogP contribution >= 0.6 is 0 Å². The van der Waals surface area contributed by atoms with Crippen LogP contribution in [0.5, 0.6) is 5.88 Å². The van der Waals surface area contributed by atoms with Gasteiger partial charge >= 0.3 is 0 Å². The highest BCUT2D eigenvalue weighted by Crippen LogP contribution is 2.31. The number of nitrogens with zero attached hydrogens (tertiary/aromatic N) is 1. The summed E-state index contributed by atoms with van der Waals surface area (Å²) in [4.78, 5) is 4.44. The van der Waals surface area contributed by atoms with Gasteiger partial charge in [0, 0.05) is 41.4 Å². The fourth-order valence-electron chi connectivity index (χ4n) is 3.62. The molecule has 1 saturated heterocycles. The van der Waals surface area contributed by atoms with Crippen molar-refractivity contribution in [1.82, 2.24) is 10.3 Å². The van der Waals surface area contributed by atoms with Gasteiger partial charge < -0.3 is 10.1 Å². The van der Waals surface area contributed by atoms with E-state index in [0.29, 0.717) is 11.4 Å². The van der Waals surface area contributed by atoms with Crippen LogP contribution in [-0.2, 0) is 0 Å². The van der Waals surface area contributed by atoms with Crippen molar-refractivity contribution < 1.29 is 9.13 Å². The fraction of sp³-hybridized carbons (Fsp3) is 0.500. The van der Waals surface area contributed by atoms with E-state index in [0.717, 1.165) is 18.2 Å². The van der Waals surface area contributed by atoms with E-state index in [-0.39, 0.29) is 23.0 Å². The van der Waals surface area contributed by atoms with Gasteiger partial charge in [-0.05, 0) is 45.9 Å². The molecule has 0 amide bonds. The van der Waals surface area contributed by atoms with Crippen molar-refractivity contribution in [1.29, 1.82) is 0 Å². The lowest BCUT2D eigenvalue weighted by Gasteiger charge is -2.46. The van der Waals surface area contributed by atoms with Crippen molar-refractivity contribution in [3.05, 3.63) is 36.1 Å². The summed E-state index contributed by atoms with van der Waals surface area (Å²) in [5.41, 5.74) is 0.676. The fourth-order valence-corrected chi connectivity index (χ4v) is 3.62. The Labute approximate surface area is 130 Å². The number of fused-ring (bicyclic) bond motifs is 1. The monoisotopic (exact) mass is 302 g/mol. The number of aromatic nitrogens is 1. The van der Waals surface area contributed by atoms with E-state index in [1.54, 1.807) is 6.07 Å². The molecular formula is C18H23FN2O. The first-order valence-corrected chi connectivity index (χ1v) is 7.75. The third-order valence-corrected chi connectivity index (χ3v) is 4.07. The number of hydrogen-bond acceptors (Lipinski definition) is 3. The summed E-state index contributed by atoms with van der Waals surface area (Å²) in [7, 11) is 0. The first kappa shape index (κ1) is 15.2. The lowest BCUT2D eigenvalue weighted by Crippen LogP contribution is -2.60. The van der Waals surface area contributed by atoms with Crippen LogP contribution in [0, 0.1) is 5.82 Å². The maximum Gasteiger partial charge on any atom is 0.214 e. The molecule has 3 nitrogen and oxygen atoms in total. The summed E-state index contributed by atoms with van der Waals surface area (Å²) in [6, 6.07) is 8.41. The molecule has 0 radical (unpaired) electrons. The van der Waals surface area contributed by atoms with E-state index in [1.165, 1.54) is 12.1 Å². The highest BCUT2D eigenvalue weighted by atomic mass is 19.1. The topological polar surface area (TPSA) is 34.1 Å². The van der Waals surface area contributed by atoms with Crippen molar-refractivity contribution in [2.45, 2.75) is 57.7 Å². The van der Waals surface area contributed by atoms with Gasteiger partial charge in [0.05, 0.1) is 5.52 Å². The van der Waals surface area contributed by atoms with Gasteiger partial charge in [-0.3, -0.25) is 0 Å². The zero-order valence-corrected chi connectivity index (χ0v) is 13.6. The van der Waals surface area contributed by atoms with Crippen molar-refractivity contribution in [2.75, 3.05) is 0 Å². The molecule has 1 fully saturated rings. The van der Waals surface area contributed by atoms with Crippen molar-refractivity contribution >= 4 is 10.9 Å². The van der Waals surface area contributed by atoms with Crippen molar-refractivity contribution in [3.63, 3.8) is 0 Å². The van der Waals surface area contributed by atoms with Crippen molar-refractivity contribution in [2.24, 2.45) is 0 Å². The summed E-state index contributed by atoms with van der Waals surface area (Å²) >= 11 is 0. The number of ether oxygens (including phenoxy) is 1. The molecule has 4 heteroatoms. The highest BCUT2D eigenvalue weighted by molar-refractivity contribution is 5.78. The summed E-state index contributed by atoms with van der Waals surface area (Å²) in [6.45, 7) is 8.75. The second-order valence-corrected chi connectivity index (χ2v) is 7.53. The average Bonchev–Trinajstić information content (AvgIpc) is 2.34. The standard InChI is InChI=1S/C18H23FN2O/c1-17(2)10-14(11-18(3,4)21-17)22-16-8-6-12-5-7-13(19)9-15(12)20-16/h5-9,14,21H,10-11H2,1-4H3. The molecule has 0 unspecified atom stereocenters. The van der Waals surface area contributed by atoms with E-state index in [4.69, 9.17) is 4.74 Å². The Balaban J connectivity index is 1.83. The van der Waals surface area contributed by atoms with Gasteiger partial charge in [0.2, 0.25) is 5.88 Å². The molecule has 0 saturated carbocycles. The smallest absolute Gasteiger partial charge is 0.214 e. The zero-order valence-electron chi connectivity index (χ0n) is 13.6. The van der Waals surface area contributed by atoms with Crippen LogP contribution in [0.4, 0.5) is 4.39 Å². The van der Waals surface area contributed by atoms with Crippen LogP contribution in [0.3, 0.4) is 0 Å². The SMILES string of the molecule is CC1(C)CC(Oc2ccc3ccc(F)cc3n2)CC(C)(C)N1. The van der Waals surface area contributed by atoms with E-state index < -0.39 is 0 Å². The first-order chi connectivity index (χ1) is 10.2. The number of pyridine rings is 1. The minimum absolute atomic E-state index is 0.0232. The van der Waals surface area contributed by atoms with Gasteiger partial charge in [0.15, 0.2) is 0 Å². The van der Waals surface area contributed by atoms with Gasteiger partial charge in [-0.25, -0.2) is 9.37 Å². The van der Waals surface area contributed by atoms with E-state index in [1.807, 2.05) is 12.1 Å². The molecule has 0 bridgehead atoms. The van der Waals surface area contributed by atoms with Crippen LogP contribution in [-0.4, -0.2) is 22.2 Å². The van der Waals surface area contributed by atoms with Crippen LogP contribution in [0.25, 0.3) is 10.9 Å². The second kappa shape index (κ2) is 5.20. The summed E-state index contributed by atoms with van der Waals surface area (Å²) in [5, 5.41) is 4.55. The largest absolute Gasteiger partial charge is 0.474 e. The van der Waals surface area contributed by atoms with E-state index in [2.05, 4.69) is 38.0 Å². The Morgan fingerprint density at radius 2 is 1.73 bits per heavy atom. The van der Waals surface area contributed by atoms with Crippen LogP contribution in [0.2, 0.25) is 0 Å². The maximum atomic E-state index is 13.3. The minimum Gasteiger partial charge on any atom is -0.474 e. The van der Waals surface area contributed by atoms with E-state index in [9.17, 15) is 4.39 Å². The van der Waals surface area contributed by atoms with E-state index >= 15 is 0 Å². The predicted molar refractivity (Wildman–Crippen MR) is 86.6 cm³/mol. The summed E-state index contributed by atoms with van der Waals surface area (Å²) < 4.78 is 19.4. The Kier molecular flexibility index (Phi) is 3.60. The van der Waals surface area contributed by atoms with Gasteiger partial charge in [0.1, 0.15) is 11.9 Å². The molecule has 1 aliphatic rings. The molecule has 0 aliphatic carbocycles. The molecule has 1 aliphatic heterocycles. The van der Waals surface area contributed by atoms with Gasteiger partial charge in [-0.2, -0.15) is 0 Å². The first-order valence-electron chi connectivity index (χ1n) is 7.75. The summed E-state index contributed by atoms with van der Waals surface area (Å²) in [5.74, 6) is 0.290. The molecule has 118 valence electrons. The number of nitrogens with one attached hydrogen (secondary N) is 1. The third kappa shape index (κ3) is 3.38. The molecule has 0 atom stereocenters. The lowest BCUT2D eigenvalue weighted by atomic mass is 9.81. The van der Waals surface area contributed by atoms with Crippen LogP contribution in [0.1, 0.15) is 40.5 Å². The Morgan fingerprint density at radius 3 is 2.41 bits per heavy atom. The quantitative estimate of drug-likeness (QED) is 0.908. The normalized spacial score (nSPS) is 21.0. The second-order valence-electron chi connectivity index (χ2n) is 7.53. The third-order valence-electron chi connectivity index (χ3n) is 4.07. The number of hydrogen-bond donors (Lipinski definition) is 1. The molecule has 2 heterocycles. The average molecular weight is 302 g/mol. The van der Waals surface area contributed by atoms with Gasteiger partial charge in [0.25, 0.3) is 0 Å². The van der Waals surface area contributed by atoms with Crippen molar-refractivity contribution in [3.8, 4) is 5.88 Å². The highest BCUT2D eigenvalue weighted by Gasteiger charge is 2.38. The Hall–Kier alpha value is -1.68. The predicted octanol–water partition coefficient (Wildman–Crippen LogP) is 4.06. The molecule has 2 aromatic rings. The lowest BCUT2D eigenvalue weighted by molar-refractivity contribution is 0.0532. The molecular weight excluding hydrogens is 279 g/mol. The molecule has 3 rings (SSSR count). The van der Waals surface area contributed by atoms with Crippen LogP contribution < -0.4 is 10.1 Å². The number of rotatable bonds is 2. The molecule has 1 aromatic heterocycles. The van der Waals surface area contributed by atoms with Gasteiger partial charge in [-0.15, -0.1) is 0 Å². The zero-order chi connectivity index (χ0) is 16.0.